The lowest BCUT2D eigenvalue weighted by molar-refractivity contribution is -0.137. The van der Waals surface area contributed by atoms with Crippen molar-refractivity contribution >= 4 is 34.3 Å². The molecule has 2 aromatic heterocycles. The summed E-state index contributed by atoms with van der Waals surface area (Å²) < 4.78 is 45.8. The van der Waals surface area contributed by atoms with Crippen LogP contribution in [0.15, 0.2) is 73.1 Å². The molecule has 9 nitrogen and oxygen atoms in total. The van der Waals surface area contributed by atoms with Gasteiger partial charge in [0.1, 0.15) is 11.6 Å². The highest BCUT2D eigenvalue weighted by Gasteiger charge is 2.31. The number of carbonyl (C=O) groups is 1. The molecule has 5 aromatic rings. The number of aromatic nitrogens is 3. The number of ether oxygens (including phenoxy) is 1. The lowest BCUT2D eigenvalue weighted by Crippen LogP contribution is -2.43. The predicted octanol–water partition coefficient (Wildman–Crippen LogP) is 5.94. The molecule has 3 aromatic carbocycles. The first kappa shape index (κ1) is 29.8. The van der Waals surface area contributed by atoms with Gasteiger partial charge in [0.25, 0.3) is 5.91 Å². The molecule has 1 fully saturated rings. The molecule has 1 amide bonds. The van der Waals surface area contributed by atoms with Gasteiger partial charge in [-0.15, -0.1) is 0 Å². The van der Waals surface area contributed by atoms with Gasteiger partial charge in [-0.2, -0.15) is 13.2 Å². The molecule has 230 valence electrons. The minimum absolute atomic E-state index is 0.106. The van der Waals surface area contributed by atoms with E-state index >= 15 is 0 Å². The number of nitrogens with one attached hydrogen (secondary N) is 2. The van der Waals surface area contributed by atoms with Crippen LogP contribution in [0.5, 0.6) is 5.75 Å². The van der Waals surface area contributed by atoms with Crippen LogP contribution >= 0.6 is 0 Å². The van der Waals surface area contributed by atoms with Crippen LogP contribution in [0, 0.1) is 6.92 Å². The number of fused-ring (bicyclic) bond motifs is 1. The topological polar surface area (TPSA) is 118 Å². The number of aryl methyl sites for hydroxylation is 1. The fraction of sp³-hybridized carbons (Fsp3) is 0.212. The molecule has 0 radical (unpaired) electrons. The SMILES string of the molecule is COc1c(-c2cc(NC(=O)c3cccc(C(F)(F)F)c3)ccc2C)cc2cnc(N)nc2c1-c1ccnc(N2CCNCC2)c1. The quantitative estimate of drug-likeness (QED) is 0.216. The number of hydrogen-bond donors (Lipinski definition) is 3. The molecule has 0 bridgehead atoms. The zero-order chi connectivity index (χ0) is 31.7. The van der Waals surface area contributed by atoms with Gasteiger partial charge in [0.05, 0.1) is 23.8 Å². The van der Waals surface area contributed by atoms with Crippen molar-refractivity contribution in [1.29, 1.82) is 0 Å². The van der Waals surface area contributed by atoms with Crippen molar-refractivity contribution in [3.05, 3.63) is 89.7 Å². The van der Waals surface area contributed by atoms with Gasteiger partial charge in [0.2, 0.25) is 5.95 Å². The van der Waals surface area contributed by atoms with Crippen LogP contribution in [0.3, 0.4) is 0 Å². The van der Waals surface area contributed by atoms with Crippen molar-refractivity contribution in [3.63, 3.8) is 0 Å². The molecule has 1 aliphatic heterocycles. The normalized spacial score (nSPS) is 13.6. The van der Waals surface area contributed by atoms with Crippen molar-refractivity contribution in [2.75, 3.05) is 49.2 Å². The van der Waals surface area contributed by atoms with E-state index in [1.807, 2.05) is 31.2 Å². The summed E-state index contributed by atoms with van der Waals surface area (Å²) >= 11 is 0. The number of benzene rings is 3. The van der Waals surface area contributed by atoms with E-state index < -0.39 is 17.6 Å². The molecule has 45 heavy (non-hydrogen) atoms. The van der Waals surface area contributed by atoms with E-state index in [4.69, 9.17) is 10.5 Å². The average molecular weight is 614 g/mol. The summed E-state index contributed by atoms with van der Waals surface area (Å²) in [5.74, 6) is 0.809. The Kier molecular flexibility index (Phi) is 7.98. The largest absolute Gasteiger partial charge is 0.495 e. The van der Waals surface area contributed by atoms with Gasteiger partial charge in [-0.05, 0) is 72.1 Å². The summed E-state index contributed by atoms with van der Waals surface area (Å²) in [7, 11) is 1.58. The number of methoxy groups -OCH3 is 1. The lowest BCUT2D eigenvalue weighted by Gasteiger charge is -2.28. The zero-order valence-electron chi connectivity index (χ0n) is 24.6. The number of nitrogens with two attached hydrogens (primary N) is 1. The number of anilines is 3. The maximum atomic E-state index is 13.3. The second kappa shape index (κ2) is 12.0. The smallest absolute Gasteiger partial charge is 0.416 e. The Labute approximate surface area is 257 Å². The van der Waals surface area contributed by atoms with E-state index in [2.05, 4.69) is 30.5 Å². The molecule has 0 atom stereocenters. The Morgan fingerprint density at radius 1 is 1.02 bits per heavy atom. The van der Waals surface area contributed by atoms with Gasteiger partial charge < -0.3 is 26.0 Å². The highest BCUT2D eigenvalue weighted by atomic mass is 19.4. The van der Waals surface area contributed by atoms with E-state index in [0.717, 1.165) is 60.8 Å². The molecule has 0 unspecified atom stereocenters. The molecule has 1 aliphatic rings. The number of piperazine rings is 1. The maximum absolute atomic E-state index is 13.3. The van der Waals surface area contributed by atoms with Crippen LogP contribution in [-0.2, 0) is 6.18 Å². The highest BCUT2D eigenvalue weighted by molar-refractivity contribution is 6.06. The van der Waals surface area contributed by atoms with E-state index in [-0.39, 0.29) is 11.5 Å². The van der Waals surface area contributed by atoms with Crippen LogP contribution in [0.25, 0.3) is 33.2 Å². The Hall–Kier alpha value is -5.23. The zero-order valence-corrected chi connectivity index (χ0v) is 24.6. The van der Waals surface area contributed by atoms with Gasteiger partial charge in [-0.25, -0.2) is 15.0 Å². The molecule has 12 heteroatoms. The number of nitrogens with zero attached hydrogens (tertiary/aromatic N) is 4. The third kappa shape index (κ3) is 6.09. The lowest BCUT2D eigenvalue weighted by atomic mass is 9.92. The van der Waals surface area contributed by atoms with Gasteiger partial charge in [0, 0.05) is 60.8 Å². The van der Waals surface area contributed by atoms with Crippen molar-refractivity contribution in [1.82, 2.24) is 20.3 Å². The Morgan fingerprint density at radius 2 is 1.82 bits per heavy atom. The molecular weight excluding hydrogens is 583 g/mol. The van der Waals surface area contributed by atoms with Crippen molar-refractivity contribution in [2.45, 2.75) is 13.1 Å². The van der Waals surface area contributed by atoms with Crippen LogP contribution < -0.4 is 26.0 Å². The summed E-state index contributed by atoms with van der Waals surface area (Å²) in [6.45, 7) is 5.28. The van der Waals surface area contributed by atoms with E-state index in [1.165, 1.54) is 12.1 Å². The number of nitrogen functional groups attached to an aromatic ring is 1. The molecule has 0 saturated carbocycles. The summed E-state index contributed by atoms with van der Waals surface area (Å²) in [4.78, 5) is 28.6. The molecule has 0 spiro atoms. The number of carbonyl (C=O) groups excluding carboxylic acids is 1. The average Bonchev–Trinajstić information content (AvgIpc) is 3.05. The summed E-state index contributed by atoms with van der Waals surface area (Å²) in [5.41, 5.74) is 9.90. The van der Waals surface area contributed by atoms with Gasteiger partial charge in [-0.3, -0.25) is 4.79 Å². The maximum Gasteiger partial charge on any atom is 0.416 e. The molecule has 1 saturated heterocycles. The number of halogens is 3. The number of rotatable bonds is 6. The summed E-state index contributed by atoms with van der Waals surface area (Å²) in [6.07, 6.45) is -1.16. The monoisotopic (exact) mass is 613 g/mol. The van der Waals surface area contributed by atoms with Crippen molar-refractivity contribution in [2.24, 2.45) is 0 Å². The number of hydrogen-bond acceptors (Lipinski definition) is 8. The first-order valence-corrected chi connectivity index (χ1v) is 14.3. The Morgan fingerprint density at radius 3 is 2.58 bits per heavy atom. The molecule has 4 N–H and O–H groups in total. The predicted molar refractivity (Wildman–Crippen MR) is 168 cm³/mol. The van der Waals surface area contributed by atoms with Crippen LogP contribution in [0.2, 0.25) is 0 Å². The highest BCUT2D eigenvalue weighted by Crippen LogP contribution is 2.45. The van der Waals surface area contributed by atoms with Gasteiger partial charge in [0.15, 0.2) is 0 Å². The molecule has 6 rings (SSSR count). The fourth-order valence-electron chi connectivity index (χ4n) is 5.52. The third-order valence-corrected chi connectivity index (χ3v) is 7.76. The number of alkyl halides is 3. The number of pyridine rings is 1. The van der Waals surface area contributed by atoms with Crippen LogP contribution in [0.4, 0.5) is 30.6 Å². The second-order valence-corrected chi connectivity index (χ2v) is 10.7. The fourth-order valence-corrected chi connectivity index (χ4v) is 5.52. The molecule has 3 heterocycles. The van der Waals surface area contributed by atoms with Gasteiger partial charge in [-0.1, -0.05) is 12.1 Å². The molecule has 0 aliphatic carbocycles. The summed E-state index contributed by atoms with van der Waals surface area (Å²) in [5, 5.41) is 6.81. The summed E-state index contributed by atoms with van der Waals surface area (Å²) in [6, 6.07) is 15.4. The van der Waals surface area contributed by atoms with Crippen LogP contribution in [0.1, 0.15) is 21.5 Å². The minimum Gasteiger partial charge on any atom is -0.495 e. The number of amides is 1. The van der Waals surface area contributed by atoms with E-state index in [9.17, 15) is 18.0 Å². The van der Waals surface area contributed by atoms with E-state index in [0.29, 0.717) is 33.5 Å². The Bertz CT molecular complexity index is 1910. The van der Waals surface area contributed by atoms with Crippen molar-refractivity contribution < 1.29 is 22.7 Å². The Balaban J connectivity index is 1.46. The minimum atomic E-state index is -4.56. The van der Waals surface area contributed by atoms with Crippen molar-refractivity contribution in [3.8, 4) is 28.0 Å². The van der Waals surface area contributed by atoms with E-state index in [1.54, 1.807) is 31.6 Å². The second-order valence-electron chi connectivity index (χ2n) is 10.7. The standard InChI is InChI=1S/C33H30F3N7O2/c1-19-6-7-24(41-31(44)21-4-3-5-23(14-21)33(34,35)36)17-25(19)26-15-22-18-40-32(37)42-29(22)28(30(26)45-2)20-8-9-39-27(16-20)43-12-10-38-11-13-43/h3-9,14-18,38H,10-13H2,1-2H3,(H,41,44)(H2,37,40,42). The molecular formula is C33H30F3N7O2. The first-order chi connectivity index (χ1) is 21.6. The third-order valence-electron chi connectivity index (χ3n) is 7.76. The van der Waals surface area contributed by atoms with Gasteiger partial charge >= 0.3 is 6.18 Å². The van der Waals surface area contributed by atoms with Crippen LogP contribution in [-0.4, -0.2) is 54.1 Å². The first-order valence-electron chi connectivity index (χ1n) is 14.3.